The van der Waals surface area contributed by atoms with Crippen molar-refractivity contribution in [3.8, 4) is 6.07 Å². The number of anilines is 2. The van der Waals surface area contributed by atoms with Crippen molar-refractivity contribution in [3.05, 3.63) is 96.1 Å². The van der Waals surface area contributed by atoms with Gasteiger partial charge in [0.15, 0.2) is 0 Å². The minimum Gasteiger partial charge on any atom is -0.355 e. The molecule has 0 heterocycles. The number of benzene rings is 3. The average Bonchev–Trinajstić information content (AvgIpc) is 2.80. The van der Waals surface area contributed by atoms with Crippen molar-refractivity contribution in [1.29, 1.82) is 5.26 Å². The van der Waals surface area contributed by atoms with E-state index in [1.54, 1.807) is 0 Å². The van der Waals surface area contributed by atoms with Crippen molar-refractivity contribution in [3.63, 3.8) is 0 Å². The van der Waals surface area contributed by atoms with E-state index in [0.29, 0.717) is 11.5 Å². The summed E-state index contributed by atoms with van der Waals surface area (Å²) in [5.74, 6) is 0.490. The Balaban J connectivity index is 1.81. The number of nitrogens with zero attached hydrogens (tertiary/aromatic N) is 1. The van der Waals surface area contributed by atoms with E-state index in [1.165, 1.54) is 5.57 Å². The van der Waals surface area contributed by atoms with Gasteiger partial charge in [-0.1, -0.05) is 62.4 Å². The zero-order valence-electron chi connectivity index (χ0n) is 17.7. The van der Waals surface area contributed by atoms with E-state index in [1.807, 2.05) is 24.3 Å². The van der Waals surface area contributed by atoms with Gasteiger partial charge in [0, 0.05) is 16.1 Å². The Kier molecular flexibility index (Phi) is 6.30. The van der Waals surface area contributed by atoms with Crippen LogP contribution in [0.2, 0.25) is 0 Å². The molecule has 1 N–H and O–H groups in total. The average molecular weight is 423 g/mol. The Labute approximate surface area is 190 Å². The number of nitriles is 1. The Morgan fingerprint density at radius 1 is 1.19 bits per heavy atom. The second-order valence-electron chi connectivity index (χ2n) is 7.93. The van der Waals surface area contributed by atoms with Crippen LogP contribution in [0.4, 0.5) is 11.4 Å². The molecule has 3 heteroatoms. The van der Waals surface area contributed by atoms with Crippen LogP contribution < -0.4 is 5.32 Å². The van der Waals surface area contributed by atoms with Crippen LogP contribution in [0, 0.1) is 17.2 Å². The van der Waals surface area contributed by atoms with E-state index in [2.05, 4.69) is 73.4 Å². The molecule has 0 fully saturated rings. The zero-order chi connectivity index (χ0) is 21.8. The van der Waals surface area contributed by atoms with Gasteiger partial charge in [-0.25, -0.2) is 0 Å². The van der Waals surface area contributed by atoms with Crippen LogP contribution in [-0.4, -0.2) is 0 Å². The lowest BCUT2D eigenvalue weighted by Crippen LogP contribution is -2.08. The third kappa shape index (κ3) is 4.31. The second kappa shape index (κ2) is 9.29. The number of fused-ring (bicyclic) bond motifs is 1. The summed E-state index contributed by atoms with van der Waals surface area (Å²) in [4.78, 5) is 0.888. The highest BCUT2D eigenvalue weighted by atomic mass is 32.1. The fraction of sp³-hybridized carbons (Fsp3) is 0.179. The Hall–Kier alpha value is -3.22. The summed E-state index contributed by atoms with van der Waals surface area (Å²) in [7, 11) is 0. The first-order valence-corrected chi connectivity index (χ1v) is 11.1. The van der Waals surface area contributed by atoms with Gasteiger partial charge in [-0.2, -0.15) is 5.26 Å². The highest BCUT2D eigenvalue weighted by Crippen LogP contribution is 2.43. The molecule has 0 saturated carbocycles. The van der Waals surface area contributed by atoms with Crippen LogP contribution in [0.25, 0.3) is 16.3 Å². The lowest BCUT2D eigenvalue weighted by Gasteiger charge is -2.25. The molecule has 0 amide bonds. The summed E-state index contributed by atoms with van der Waals surface area (Å²) in [5.41, 5.74) is 5.93. The molecule has 2 nitrogen and oxygen atoms in total. The Bertz CT molecular complexity index is 1230. The van der Waals surface area contributed by atoms with Crippen molar-refractivity contribution in [1.82, 2.24) is 0 Å². The minimum absolute atomic E-state index is 0.490. The van der Waals surface area contributed by atoms with Gasteiger partial charge in [-0.05, 0) is 71.0 Å². The fourth-order valence-corrected chi connectivity index (χ4v) is 4.69. The van der Waals surface area contributed by atoms with Crippen LogP contribution in [0.3, 0.4) is 0 Å². The molecule has 1 atom stereocenters. The molecular weight excluding hydrogens is 396 g/mol. The van der Waals surface area contributed by atoms with Gasteiger partial charge in [0.2, 0.25) is 0 Å². The SMILES string of the molecule is C=C(C1=CC=CCC1CCC)c1c(S)c(Nc2ccc(C#N)cc2)cc2ccccc12. The van der Waals surface area contributed by atoms with Crippen LogP contribution >= 0.6 is 12.6 Å². The maximum Gasteiger partial charge on any atom is 0.0991 e. The predicted octanol–water partition coefficient (Wildman–Crippen LogP) is 8.06. The Morgan fingerprint density at radius 3 is 2.71 bits per heavy atom. The maximum atomic E-state index is 9.06. The number of rotatable bonds is 6. The first-order chi connectivity index (χ1) is 15.1. The normalized spacial score (nSPS) is 15.4. The van der Waals surface area contributed by atoms with Gasteiger partial charge in [0.1, 0.15) is 0 Å². The molecule has 3 aromatic rings. The van der Waals surface area contributed by atoms with Gasteiger partial charge < -0.3 is 5.32 Å². The largest absolute Gasteiger partial charge is 0.355 e. The summed E-state index contributed by atoms with van der Waals surface area (Å²) in [6.45, 7) is 6.78. The van der Waals surface area contributed by atoms with Crippen molar-refractivity contribution in [2.45, 2.75) is 31.1 Å². The summed E-state index contributed by atoms with van der Waals surface area (Å²) in [6, 6.07) is 20.2. The molecule has 4 rings (SSSR count). The van der Waals surface area contributed by atoms with Crippen LogP contribution in [0.1, 0.15) is 37.3 Å². The monoisotopic (exact) mass is 422 g/mol. The third-order valence-corrected chi connectivity index (χ3v) is 6.34. The molecule has 0 aliphatic heterocycles. The molecule has 0 saturated heterocycles. The number of nitrogens with one attached hydrogen (secondary N) is 1. The topological polar surface area (TPSA) is 35.8 Å². The molecule has 1 aliphatic rings. The van der Waals surface area contributed by atoms with Crippen molar-refractivity contribution < 1.29 is 0 Å². The molecule has 0 spiro atoms. The fourth-order valence-electron chi connectivity index (χ4n) is 4.31. The standard InChI is InChI=1S/C28H26N2S/c1-3-8-21-9-4-6-11-24(21)19(2)27-25-12-7-5-10-22(25)17-26(28(27)31)30-23-15-13-20(18-29)14-16-23/h4-7,10-17,21,30-31H,2-3,8-9H2,1H3. The van der Waals surface area contributed by atoms with Crippen LogP contribution in [0.5, 0.6) is 0 Å². The molecule has 0 radical (unpaired) electrons. The van der Waals surface area contributed by atoms with Gasteiger partial charge in [0.25, 0.3) is 0 Å². The summed E-state index contributed by atoms with van der Waals surface area (Å²) >= 11 is 4.98. The summed E-state index contributed by atoms with van der Waals surface area (Å²) in [6.07, 6.45) is 9.97. The van der Waals surface area contributed by atoms with Crippen LogP contribution in [0.15, 0.2) is 89.9 Å². The smallest absolute Gasteiger partial charge is 0.0991 e. The lowest BCUT2D eigenvalue weighted by atomic mass is 9.81. The molecule has 0 aromatic heterocycles. The molecule has 154 valence electrons. The van der Waals surface area contributed by atoms with Gasteiger partial charge in [-0.15, -0.1) is 12.6 Å². The second-order valence-corrected chi connectivity index (χ2v) is 8.38. The van der Waals surface area contributed by atoms with E-state index in [0.717, 1.165) is 57.4 Å². The highest BCUT2D eigenvalue weighted by molar-refractivity contribution is 7.80. The van der Waals surface area contributed by atoms with Crippen LogP contribution in [-0.2, 0) is 0 Å². The van der Waals surface area contributed by atoms with E-state index < -0.39 is 0 Å². The molecule has 1 aliphatic carbocycles. The number of allylic oxidation sites excluding steroid dienone is 5. The molecule has 0 bridgehead atoms. The van der Waals surface area contributed by atoms with Crippen molar-refractivity contribution in [2.75, 3.05) is 5.32 Å². The molecule has 31 heavy (non-hydrogen) atoms. The number of hydrogen-bond acceptors (Lipinski definition) is 3. The highest BCUT2D eigenvalue weighted by Gasteiger charge is 2.22. The first kappa shape index (κ1) is 21.0. The Morgan fingerprint density at radius 2 is 1.97 bits per heavy atom. The number of hydrogen-bond donors (Lipinski definition) is 2. The quantitative estimate of drug-likeness (QED) is 0.394. The van der Waals surface area contributed by atoms with Gasteiger partial charge in [-0.3, -0.25) is 0 Å². The maximum absolute atomic E-state index is 9.06. The van der Waals surface area contributed by atoms with E-state index >= 15 is 0 Å². The van der Waals surface area contributed by atoms with E-state index in [-0.39, 0.29) is 0 Å². The third-order valence-electron chi connectivity index (χ3n) is 5.87. The zero-order valence-corrected chi connectivity index (χ0v) is 18.6. The van der Waals surface area contributed by atoms with E-state index in [9.17, 15) is 0 Å². The minimum atomic E-state index is 0.490. The summed E-state index contributed by atoms with van der Waals surface area (Å²) in [5, 5.41) is 14.9. The predicted molar refractivity (Wildman–Crippen MR) is 135 cm³/mol. The first-order valence-electron chi connectivity index (χ1n) is 10.7. The van der Waals surface area contributed by atoms with Gasteiger partial charge >= 0.3 is 0 Å². The van der Waals surface area contributed by atoms with Crippen molar-refractivity contribution >= 4 is 40.3 Å². The molecule has 3 aromatic carbocycles. The van der Waals surface area contributed by atoms with E-state index in [4.69, 9.17) is 17.9 Å². The van der Waals surface area contributed by atoms with Gasteiger partial charge in [0.05, 0.1) is 17.3 Å². The molecule has 1 unspecified atom stereocenters. The molecular formula is C28H26N2S. The van der Waals surface area contributed by atoms with Crippen molar-refractivity contribution in [2.24, 2.45) is 5.92 Å². The lowest BCUT2D eigenvalue weighted by molar-refractivity contribution is 0.566. The number of thiol groups is 1. The summed E-state index contributed by atoms with van der Waals surface area (Å²) < 4.78 is 0.